The number of carbonyl (C=O) groups is 1. The van der Waals surface area contributed by atoms with E-state index in [-0.39, 0.29) is 29.9 Å². The van der Waals surface area contributed by atoms with Gasteiger partial charge in [0.05, 0.1) is 0 Å². The zero-order valence-corrected chi connectivity index (χ0v) is 17.5. The maximum atomic E-state index is 11.2. The molecule has 7 heteroatoms. The van der Waals surface area contributed by atoms with Crippen molar-refractivity contribution in [2.45, 2.75) is 39.0 Å². The summed E-state index contributed by atoms with van der Waals surface area (Å²) in [5.41, 5.74) is 5.35. The number of primary amides is 1. The first-order valence-electron chi connectivity index (χ1n) is 9.08. The number of hydrogen-bond acceptors (Lipinski definition) is 3. The average Bonchev–Trinajstić information content (AvgIpc) is 2.96. The number of rotatable bonds is 6. The van der Waals surface area contributed by atoms with Gasteiger partial charge in [-0.15, -0.1) is 24.0 Å². The van der Waals surface area contributed by atoms with Crippen LogP contribution in [0.1, 0.15) is 39.0 Å². The highest BCUT2D eigenvalue weighted by atomic mass is 127. The minimum absolute atomic E-state index is 0. The van der Waals surface area contributed by atoms with E-state index in [1.54, 1.807) is 0 Å². The van der Waals surface area contributed by atoms with Gasteiger partial charge < -0.3 is 20.9 Å². The maximum Gasteiger partial charge on any atom is 0.217 e. The van der Waals surface area contributed by atoms with Crippen molar-refractivity contribution in [3.63, 3.8) is 0 Å². The smallest absolute Gasteiger partial charge is 0.217 e. The number of amides is 1. The molecular formula is C17H34IN5O. The van der Waals surface area contributed by atoms with Gasteiger partial charge in [0.1, 0.15) is 0 Å². The molecule has 2 unspecified atom stereocenters. The van der Waals surface area contributed by atoms with Crippen molar-refractivity contribution in [2.75, 3.05) is 46.3 Å². The summed E-state index contributed by atoms with van der Waals surface area (Å²) in [4.78, 5) is 20.4. The van der Waals surface area contributed by atoms with Crippen LogP contribution in [0.5, 0.6) is 0 Å². The molecule has 0 saturated carbocycles. The summed E-state index contributed by atoms with van der Waals surface area (Å²) in [5, 5.41) is 3.55. The molecule has 140 valence electrons. The quantitative estimate of drug-likeness (QED) is 0.365. The van der Waals surface area contributed by atoms with E-state index in [2.05, 4.69) is 27.0 Å². The van der Waals surface area contributed by atoms with Gasteiger partial charge in [0.2, 0.25) is 5.91 Å². The predicted octanol–water partition coefficient (Wildman–Crippen LogP) is 1.50. The lowest BCUT2D eigenvalue weighted by molar-refractivity contribution is -0.119. The summed E-state index contributed by atoms with van der Waals surface area (Å²) >= 11 is 0. The van der Waals surface area contributed by atoms with Crippen molar-refractivity contribution in [3.05, 3.63) is 0 Å². The van der Waals surface area contributed by atoms with E-state index in [4.69, 9.17) is 5.73 Å². The van der Waals surface area contributed by atoms with Gasteiger partial charge >= 0.3 is 0 Å². The number of hydrogen-bond donors (Lipinski definition) is 2. The highest BCUT2D eigenvalue weighted by Crippen LogP contribution is 2.20. The van der Waals surface area contributed by atoms with E-state index < -0.39 is 0 Å². The molecule has 0 aromatic heterocycles. The SMILES string of the molecule is CCCN1CCC(CNC(=NC)N2CCCC(CC(N)=O)C2)C1.I. The van der Waals surface area contributed by atoms with Crippen LogP contribution < -0.4 is 11.1 Å². The Morgan fingerprint density at radius 3 is 2.71 bits per heavy atom. The van der Waals surface area contributed by atoms with Crippen molar-refractivity contribution >= 4 is 35.8 Å². The van der Waals surface area contributed by atoms with Gasteiger partial charge in [-0.05, 0) is 50.6 Å². The summed E-state index contributed by atoms with van der Waals surface area (Å²) in [5.74, 6) is 1.87. The van der Waals surface area contributed by atoms with Crippen LogP contribution in [0.3, 0.4) is 0 Å². The standard InChI is InChI=1S/C17H33N5O.HI/c1-3-7-21-9-6-15(12-21)11-20-17(19-2)22-8-4-5-14(13-22)10-16(18)23;/h14-15H,3-13H2,1-2H3,(H2,18,23)(H,19,20);1H. The van der Waals surface area contributed by atoms with E-state index >= 15 is 0 Å². The van der Waals surface area contributed by atoms with Crippen LogP contribution in [0.25, 0.3) is 0 Å². The summed E-state index contributed by atoms with van der Waals surface area (Å²) in [6.45, 7) is 8.77. The highest BCUT2D eigenvalue weighted by molar-refractivity contribution is 14.0. The first kappa shape index (κ1) is 21.5. The molecule has 0 radical (unpaired) electrons. The average molecular weight is 451 g/mol. The predicted molar refractivity (Wildman–Crippen MR) is 110 cm³/mol. The van der Waals surface area contributed by atoms with E-state index in [0.717, 1.165) is 38.4 Å². The van der Waals surface area contributed by atoms with Gasteiger partial charge in [0, 0.05) is 39.6 Å². The number of nitrogens with one attached hydrogen (secondary N) is 1. The molecule has 2 fully saturated rings. The Morgan fingerprint density at radius 1 is 1.25 bits per heavy atom. The molecule has 0 spiro atoms. The molecule has 2 saturated heterocycles. The number of guanidine groups is 1. The number of halogens is 1. The minimum atomic E-state index is -0.193. The zero-order valence-electron chi connectivity index (χ0n) is 15.2. The zero-order chi connectivity index (χ0) is 16.7. The maximum absolute atomic E-state index is 11.2. The molecule has 1 amide bonds. The molecule has 2 aliphatic heterocycles. The second-order valence-corrected chi connectivity index (χ2v) is 7.01. The van der Waals surface area contributed by atoms with Gasteiger partial charge in [-0.25, -0.2) is 0 Å². The second kappa shape index (κ2) is 11.1. The van der Waals surface area contributed by atoms with Crippen molar-refractivity contribution in [1.82, 2.24) is 15.1 Å². The van der Waals surface area contributed by atoms with Crippen LogP contribution >= 0.6 is 24.0 Å². The summed E-state index contributed by atoms with van der Waals surface area (Å²) in [6, 6.07) is 0. The van der Waals surface area contributed by atoms with E-state index in [1.165, 1.54) is 32.5 Å². The van der Waals surface area contributed by atoms with Gasteiger partial charge in [-0.3, -0.25) is 9.79 Å². The fraction of sp³-hybridized carbons (Fsp3) is 0.882. The van der Waals surface area contributed by atoms with E-state index in [1.807, 2.05) is 7.05 Å². The Kier molecular flexibility index (Phi) is 9.95. The van der Waals surface area contributed by atoms with Crippen molar-refractivity contribution in [1.29, 1.82) is 0 Å². The Bertz CT molecular complexity index is 418. The van der Waals surface area contributed by atoms with Crippen molar-refractivity contribution < 1.29 is 4.79 Å². The Morgan fingerprint density at radius 2 is 2.04 bits per heavy atom. The first-order valence-corrected chi connectivity index (χ1v) is 9.08. The summed E-state index contributed by atoms with van der Waals surface area (Å²) in [6.07, 6.45) is 5.19. The van der Waals surface area contributed by atoms with Crippen LogP contribution in [-0.2, 0) is 4.79 Å². The molecule has 0 aromatic rings. The molecule has 2 aliphatic rings. The van der Waals surface area contributed by atoms with Gasteiger partial charge in [-0.1, -0.05) is 6.92 Å². The summed E-state index contributed by atoms with van der Waals surface area (Å²) < 4.78 is 0. The number of likely N-dealkylation sites (tertiary alicyclic amines) is 2. The lowest BCUT2D eigenvalue weighted by Gasteiger charge is -2.35. The van der Waals surface area contributed by atoms with Gasteiger partial charge in [-0.2, -0.15) is 0 Å². The molecule has 0 bridgehead atoms. The Labute approximate surface area is 163 Å². The van der Waals surface area contributed by atoms with Crippen LogP contribution in [0, 0.1) is 11.8 Å². The van der Waals surface area contributed by atoms with Gasteiger partial charge in [0.25, 0.3) is 0 Å². The van der Waals surface area contributed by atoms with Gasteiger partial charge in [0.15, 0.2) is 5.96 Å². The molecule has 0 aliphatic carbocycles. The number of nitrogens with two attached hydrogens (primary N) is 1. The second-order valence-electron chi connectivity index (χ2n) is 7.01. The van der Waals surface area contributed by atoms with Crippen LogP contribution in [0.4, 0.5) is 0 Å². The third-order valence-corrected chi connectivity index (χ3v) is 4.98. The lowest BCUT2D eigenvalue weighted by atomic mass is 9.95. The summed E-state index contributed by atoms with van der Waals surface area (Å²) in [7, 11) is 1.85. The number of aliphatic imine (C=N–C) groups is 1. The molecule has 24 heavy (non-hydrogen) atoms. The van der Waals surface area contributed by atoms with Crippen LogP contribution in [-0.4, -0.2) is 68.0 Å². The monoisotopic (exact) mass is 451 g/mol. The molecular weight excluding hydrogens is 417 g/mol. The van der Waals surface area contributed by atoms with E-state index in [0.29, 0.717) is 18.3 Å². The normalized spacial score (nSPS) is 25.4. The first-order chi connectivity index (χ1) is 11.1. The number of piperidine rings is 1. The number of nitrogens with zero attached hydrogens (tertiary/aromatic N) is 3. The highest BCUT2D eigenvalue weighted by Gasteiger charge is 2.25. The topological polar surface area (TPSA) is 74.0 Å². The fourth-order valence-electron chi connectivity index (χ4n) is 3.88. The van der Waals surface area contributed by atoms with Crippen LogP contribution in [0.2, 0.25) is 0 Å². The van der Waals surface area contributed by atoms with Crippen molar-refractivity contribution in [2.24, 2.45) is 22.6 Å². The minimum Gasteiger partial charge on any atom is -0.370 e. The van der Waals surface area contributed by atoms with Crippen molar-refractivity contribution in [3.8, 4) is 0 Å². The third kappa shape index (κ3) is 6.74. The molecule has 0 aromatic carbocycles. The molecule has 2 atom stereocenters. The molecule has 2 heterocycles. The van der Waals surface area contributed by atoms with Crippen LogP contribution in [0.15, 0.2) is 4.99 Å². The lowest BCUT2D eigenvalue weighted by Crippen LogP contribution is -2.48. The molecule has 6 nitrogen and oxygen atoms in total. The molecule has 3 N–H and O–H groups in total. The Balaban J connectivity index is 0.00000288. The third-order valence-electron chi connectivity index (χ3n) is 4.98. The number of carbonyl (C=O) groups excluding carboxylic acids is 1. The Hall–Kier alpha value is -0.570. The largest absolute Gasteiger partial charge is 0.370 e. The van der Waals surface area contributed by atoms with E-state index in [9.17, 15) is 4.79 Å². The fourth-order valence-corrected chi connectivity index (χ4v) is 3.88. The molecule has 2 rings (SSSR count).